The van der Waals surface area contributed by atoms with E-state index in [0.29, 0.717) is 6.21 Å². The van der Waals surface area contributed by atoms with E-state index in [1.54, 1.807) is 0 Å². The third kappa shape index (κ3) is 3.22. The summed E-state index contributed by atoms with van der Waals surface area (Å²) in [6.07, 6.45) is 0.432. The number of carboxylic acids is 4. The van der Waals surface area contributed by atoms with E-state index in [2.05, 4.69) is 0 Å². The number of rotatable bonds is 7. The van der Waals surface area contributed by atoms with Crippen LogP contribution in [0.25, 0.3) is 5.84 Å². The molecule has 0 heterocycles. The first-order valence-corrected chi connectivity index (χ1v) is 5.15. The Kier molecular flexibility index (Phi) is 4.81. The lowest BCUT2D eigenvalue weighted by atomic mass is 9.89. The Morgan fingerprint density at radius 2 is 1.30 bits per heavy atom. The molecule has 0 saturated heterocycles. The molecule has 112 valence electrons. The number of carbonyl (C=O) groups is 4. The van der Waals surface area contributed by atoms with E-state index < -0.39 is 41.3 Å². The highest BCUT2D eigenvalue weighted by atomic mass is 16.4. The van der Waals surface area contributed by atoms with Crippen LogP contribution in [-0.4, -0.2) is 61.7 Å². The number of hydrogen-bond acceptors (Lipinski definition) is 4. The van der Waals surface area contributed by atoms with E-state index in [1.165, 1.54) is 0 Å². The summed E-state index contributed by atoms with van der Waals surface area (Å²) in [5, 5.41) is 35.3. The summed E-state index contributed by atoms with van der Waals surface area (Å²) < 4.78 is 0.185. The van der Waals surface area contributed by atoms with Gasteiger partial charge < -0.3 is 26.3 Å². The predicted molar refractivity (Wildman–Crippen MR) is 62.3 cm³/mol. The van der Waals surface area contributed by atoms with Crippen molar-refractivity contribution < 1.29 is 44.3 Å². The van der Waals surface area contributed by atoms with Crippen LogP contribution in [0.3, 0.4) is 0 Å². The molecule has 0 aromatic carbocycles. The van der Waals surface area contributed by atoms with E-state index in [-0.39, 0.29) is 4.68 Å². The van der Waals surface area contributed by atoms with Crippen LogP contribution >= 0.6 is 0 Å². The largest absolute Gasteiger partial charge is 0.480 e. The van der Waals surface area contributed by atoms with E-state index in [4.69, 9.17) is 26.3 Å². The van der Waals surface area contributed by atoms with E-state index in [1.807, 2.05) is 0 Å². The van der Waals surface area contributed by atoms with Gasteiger partial charge in [0.2, 0.25) is 10.8 Å². The zero-order valence-electron chi connectivity index (χ0n) is 10.7. The van der Waals surface area contributed by atoms with Crippen molar-refractivity contribution in [3.05, 3.63) is 5.84 Å². The highest BCUT2D eigenvalue weighted by molar-refractivity contribution is 6.11. The van der Waals surface area contributed by atoms with Crippen molar-refractivity contribution in [3.63, 3.8) is 0 Å². The first-order valence-electron chi connectivity index (χ1n) is 5.15. The zero-order valence-corrected chi connectivity index (χ0v) is 10.7. The first-order chi connectivity index (χ1) is 8.87. The van der Waals surface area contributed by atoms with Crippen molar-refractivity contribution in [2.75, 3.05) is 6.54 Å². The third-order valence-corrected chi connectivity index (χ3v) is 2.73. The molecule has 0 aromatic rings. The standard InChI is InChI=1S/C10H14N2O8/c1-9(5(13)14,6(15)16)3-12(11)4-10(2,7(17)18)8(19)20/h3,11H,4H2,1-2H3,(H,13,14)(H,15,16)(H,17,18)(H,19,20). The molecule has 0 radical (unpaired) electrons. The van der Waals surface area contributed by atoms with E-state index >= 15 is 0 Å². The third-order valence-electron chi connectivity index (χ3n) is 2.73. The van der Waals surface area contributed by atoms with Crippen LogP contribution in [0.2, 0.25) is 0 Å². The Labute approximate surface area is 112 Å². The average Bonchev–Trinajstić information content (AvgIpc) is 2.27. The van der Waals surface area contributed by atoms with Crippen LogP contribution in [0.15, 0.2) is 0 Å². The maximum atomic E-state index is 10.9. The lowest BCUT2D eigenvalue weighted by Crippen LogP contribution is -2.45. The molecule has 0 amide bonds. The molecule has 0 atom stereocenters. The second-order valence-corrected chi connectivity index (χ2v) is 4.51. The van der Waals surface area contributed by atoms with Crippen molar-refractivity contribution in [2.45, 2.75) is 13.8 Å². The van der Waals surface area contributed by atoms with Gasteiger partial charge in [-0.1, -0.05) is 0 Å². The Morgan fingerprint density at radius 3 is 1.55 bits per heavy atom. The SMILES string of the molecule is CC(C=[N+]([NH-])CC(C)(C(=O)O)C(=O)O)(C(=O)O)C(=O)O. The number of nitrogens with one attached hydrogen (secondary N) is 1. The molecule has 0 bridgehead atoms. The fourth-order valence-corrected chi connectivity index (χ4v) is 1.13. The summed E-state index contributed by atoms with van der Waals surface area (Å²) in [6, 6.07) is 0. The smallest absolute Gasteiger partial charge is 0.331 e. The van der Waals surface area contributed by atoms with Gasteiger partial charge in [-0.25, -0.2) is 0 Å². The van der Waals surface area contributed by atoms with Gasteiger partial charge in [0, 0.05) is 0 Å². The van der Waals surface area contributed by atoms with Crippen molar-refractivity contribution in [1.82, 2.24) is 0 Å². The fourth-order valence-electron chi connectivity index (χ4n) is 1.13. The summed E-state index contributed by atoms with van der Waals surface area (Å²) in [4.78, 5) is 43.5. The van der Waals surface area contributed by atoms with Gasteiger partial charge in [-0.2, -0.15) is 0 Å². The Balaban J connectivity index is 5.56. The molecule has 0 aliphatic heterocycles. The second kappa shape index (κ2) is 5.55. The molecule has 0 rings (SSSR count). The lowest BCUT2D eigenvalue weighted by molar-refractivity contribution is -0.468. The van der Waals surface area contributed by atoms with Crippen molar-refractivity contribution in [3.8, 4) is 0 Å². The average molecular weight is 290 g/mol. The van der Waals surface area contributed by atoms with Gasteiger partial charge >= 0.3 is 23.9 Å². The zero-order chi connectivity index (χ0) is 16.3. The monoisotopic (exact) mass is 290 g/mol. The summed E-state index contributed by atoms with van der Waals surface area (Å²) in [5.41, 5.74) is -4.85. The normalized spacial score (nSPS) is 12.8. The molecule has 20 heavy (non-hydrogen) atoms. The van der Waals surface area contributed by atoms with Crippen molar-refractivity contribution >= 4 is 30.1 Å². The molecule has 0 aromatic heterocycles. The summed E-state index contributed by atoms with van der Waals surface area (Å²) in [5.74, 6) is 0.377. The van der Waals surface area contributed by atoms with E-state index in [9.17, 15) is 19.2 Å². The highest BCUT2D eigenvalue weighted by Gasteiger charge is 2.47. The van der Waals surface area contributed by atoms with Crippen LogP contribution in [0.1, 0.15) is 13.8 Å². The Morgan fingerprint density at radius 1 is 0.950 bits per heavy atom. The van der Waals surface area contributed by atoms with E-state index in [0.717, 1.165) is 13.8 Å². The van der Waals surface area contributed by atoms with Gasteiger partial charge in [0.05, 0.1) is 0 Å². The van der Waals surface area contributed by atoms with Crippen LogP contribution in [0, 0.1) is 10.8 Å². The molecule has 10 heteroatoms. The Bertz CT molecular complexity index is 467. The van der Waals surface area contributed by atoms with Gasteiger partial charge in [-0.15, -0.1) is 0 Å². The molecule has 0 spiro atoms. The quantitative estimate of drug-likeness (QED) is 0.207. The molecule has 10 nitrogen and oxygen atoms in total. The maximum absolute atomic E-state index is 10.9. The molecule has 0 saturated carbocycles. The van der Waals surface area contributed by atoms with Gasteiger partial charge in [0.1, 0.15) is 0 Å². The molecule has 0 aliphatic rings. The van der Waals surface area contributed by atoms with Gasteiger partial charge in [-0.05, 0) is 13.8 Å². The minimum Gasteiger partial charge on any atom is -0.480 e. The Hall–Kier alpha value is -2.65. The van der Waals surface area contributed by atoms with Crippen molar-refractivity contribution in [2.24, 2.45) is 10.8 Å². The molecule has 0 aliphatic carbocycles. The lowest BCUT2D eigenvalue weighted by Gasteiger charge is -2.20. The topological polar surface area (TPSA) is 176 Å². The predicted octanol–water partition coefficient (Wildman–Crippen LogP) is -0.612. The highest BCUT2D eigenvalue weighted by Crippen LogP contribution is 2.19. The number of nitrogens with zero attached hydrogens (tertiary/aromatic N) is 1. The van der Waals surface area contributed by atoms with Crippen LogP contribution in [-0.2, 0) is 19.2 Å². The van der Waals surface area contributed by atoms with Crippen molar-refractivity contribution in [1.29, 1.82) is 0 Å². The summed E-state index contributed by atoms with van der Waals surface area (Å²) in [6.45, 7) is 0.692. The van der Waals surface area contributed by atoms with Gasteiger partial charge in [0.25, 0.3) is 0 Å². The van der Waals surface area contributed by atoms with Gasteiger partial charge in [-0.3, -0.25) is 23.9 Å². The van der Waals surface area contributed by atoms with Crippen LogP contribution in [0.4, 0.5) is 0 Å². The summed E-state index contributed by atoms with van der Waals surface area (Å²) in [7, 11) is 0. The minimum absolute atomic E-state index is 0.185. The molecule has 0 unspecified atom stereocenters. The molecular weight excluding hydrogens is 276 g/mol. The number of aliphatic carboxylic acids is 4. The summed E-state index contributed by atoms with van der Waals surface area (Å²) >= 11 is 0. The first kappa shape index (κ1) is 17.4. The van der Waals surface area contributed by atoms with Crippen LogP contribution < -0.4 is 0 Å². The maximum Gasteiger partial charge on any atom is 0.331 e. The second-order valence-electron chi connectivity index (χ2n) is 4.51. The fraction of sp³-hybridized carbons (Fsp3) is 0.500. The molecular formula is C10H14N2O8. The molecule has 0 fully saturated rings. The van der Waals surface area contributed by atoms with Crippen LogP contribution in [0.5, 0.6) is 0 Å². The molecule has 5 N–H and O–H groups in total. The van der Waals surface area contributed by atoms with Gasteiger partial charge in [0.15, 0.2) is 12.8 Å². The number of carboxylic acid groups (broad SMARTS) is 4. The number of hydrogen-bond donors (Lipinski definition) is 4. The minimum atomic E-state index is -2.47.